The van der Waals surface area contributed by atoms with Crippen molar-refractivity contribution in [2.75, 3.05) is 4.90 Å². The number of imidazole rings is 1. The minimum Gasteiger partial charge on any atom is -0.466 e. The molecule has 1 aliphatic rings. The van der Waals surface area contributed by atoms with Gasteiger partial charge in [-0.2, -0.15) is 0 Å². The van der Waals surface area contributed by atoms with Gasteiger partial charge in [0.1, 0.15) is 29.7 Å². The Kier molecular flexibility index (Phi) is 5.99. The summed E-state index contributed by atoms with van der Waals surface area (Å²) in [6.45, 7) is 3.76. The zero-order valence-electron chi connectivity index (χ0n) is 19.0. The van der Waals surface area contributed by atoms with Crippen molar-refractivity contribution in [3.8, 4) is 5.88 Å². The Morgan fingerprint density at radius 3 is 2.53 bits per heavy atom. The van der Waals surface area contributed by atoms with Gasteiger partial charge in [0.25, 0.3) is 0 Å². The molecule has 2 aromatic heterocycles. The summed E-state index contributed by atoms with van der Waals surface area (Å²) < 4.78 is 13.4. The number of rotatable bonds is 6. The number of carbonyl (C=O) groups excluding carboxylic acids is 1. The molecule has 0 aliphatic carbocycles. The fourth-order valence-corrected chi connectivity index (χ4v) is 4.36. The quantitative estimate of drug-likeness (QED) is 0.321. The number of halogens is 1. The maximum atomic E-state index is 12.0. The zero-order chi connectivity index (χ0) is 23.7. The van der Waals surface area contributed by atoms with Crippen LogP contribution in [-0.2, 0) is 24.3 Å². The summed E-state index contributed by atoms with van der Waals surface area (Å²) in [7, 11) is 0. The number of ether oxygens (including phenoxy) is 1. The topological polar surface area (TPSA) is 60.5 Å². The van der Waals surface area contributed by atoms with Crippen LogP contribution in [0, 0.1) is 6.92 Å². The SMILES string of the molecule is CC(=O)Oc1c(Cc2ccc(C)o2)nc2n1CN(c1ccccc1)C=C2Cc1ccccc1Cl. The fraction of sp³-hybridized carbons (Fsp3) is 0.185. The van der Waals surface area contributed by atoms with E-state index in [9.17, 15) is 4.79 Å². The van der Waals surface area contributed by atoms with Crippen LogP contribution in [0.2, 0.25) is 5.02 Å². The molecule has 0 amide bonds. The van der Waals surface area contributed by atoms with E-state index in [-0.39, 0.29) is 0 Å². The molecule has 0 saturated carbocycles. The molecule has 6 nitrogen and oxygen atoms in total. The van der Waals surface area contributed by atoms with E-state index < -0.39 is 5.97 Å². The molecule has 172 valence electrons. The molecule has 3 heterocycles. The second-order valence-electron chi connectivity index (χ2n) is 8.27. The van der Waals surface area contributed by atoms with Crippen LogP contribution in [0.5, 0.6) is 5.88 Å². The van der Waals surface area contributed by atoms with E-state index in [1.54, 1.807) is 0 Å². The van der Waals surface area contributed by atoms with E-state index in [0.29, 0.717) is 36.1 Å². The number of hydrogen-bond donors (Lipinski definition) is 0. The van der Waals surface area contributed by atoms with Gasteiger partial charge in [0.2, 0.25) is 5.88 Å². The number of fused-ring (bicyclic) bond motifs is 1. The first kappa shape index (κ1) is 22.0. The molecule has 4 aromatic rings. The molecule has 0 N–H and O–H groups in total. The van der Waals surface area contributed by atoms with Crippen molar-refractivity contribution in [1.82, 2.24) is 9.55 Å². The van der Waals surface area contributed by atoms with Crippen LogP contribution < -0.4 is 9.64 Å². The molecular weight excluding hydrogens is 450 g/mol. The Morgan fingerprint density at radius 1 is 1.06 bits per heavy atom. The molecule has 0 saturated heterocycles. The Bertz CT molecular complexity index is 1370. The lowest BCUT2D eigenvalue weighted by Gasteiger charge is -2.29. The van der Waals surface area contributed by atoms with E-state index in [2.05, 4.69) is 11.1 Å². The second-order valence-corrected chi connectivity index (χ2v) is 8.67. The van der Waals surface area contributed by atoms with Gasteiger partial charge in [-0.25, -0.2) is 4.98 Å². The highest BCUT2D eigenvalue weighted by atomic mass is 35.5. The van der Waals surface area contributed by atoms with Crippen molar-refractivity contribution in [2.45, 2.75) is 33.4 Å². The van der Waals surface area contributed by atoms with Crippen molar-refractivity contribution in [1.29, 1.82) is 0 Å². The fourth-order valence-electron chi connectivity index (χ4n) is 4.16. The second kappa shape index (κ2) is 9.23. The summed E-state index contributed by atoms with van der Waals surface area (Å²) in [6.07, 6.45) is 3.10. The smallest absolute Gasteiger partial charge is 0.309 e. The number of allylic oxidation sites excluding steroid dienone is 1. The van der Waals surface area contributed by atoms with Gasteiger partial charge in [0.05, 0.1) is 6.42 Å². The molecule has 5 rings (SSSR count). The Balaban J connectivity index is 1.62. The van der Waals surface area contributed by atoms with Gasteiger partial charge in [0, 0.05) is 35.8 Å². The number of furan rings is 1. The van der Waals surface area contributed by atoms with Gasteiger partial charge in [-0.3, -0.25) is 9.36 Å². The van der Waals surface area contributed by atoms with Crippen molar-refractivity contribution < 1.29 is 13.9 Å². The van der Waals surface area contributed by atoms with Gasteiger partial charge in [-0.1, -0.05) is 48.0 Å². The Morgan fingerprint density at radius 2 is 1.82 bits per heavy atom. The number of aryl methyl sites for hydroxylation is 1. The molecular formula is C27H24ClN3O3. The molecule has 2 aromatic carbocycles. The number of para-hydroxylation sites is 1. The molecule has 0 fully saturated rings. The van der Waals surface area contributed by atoms with Gasteiger partial charge in [-0.05, 0) is 42.8 Å². The summed E-state index contributed by atoms with van der Waals surface area (Å²) in [5, 5.41) is 0.699. The van der Waals surface area contributed by atoms with E-state index in [0.717, 1.165) is 34.2 Å². The highest BCUT2D eigenvalue weighted by Crippen LogP contribution is 2.35. The number of carbonyl (C=O) groups is 1. The summed E-state index contributed by atoms with van der Waals surface area (Å²) in [5.74, 6) is 2.37. The lowest BCUT2D eigenvalue weighted by molar-refractivity contribution is -0.132. The largest absolute Gasteiger partial charge is 0.466 e. The third-order valence-corrected chi connectivity index (χ3v) is 6.05. The molecule has 7 heteroatoms. The molecule has 0 atom stereocenters. The number of nitrogens with zero attached hydrogens (tertiary/aromatic N) is 3. The standard InChI is InChI=1S/C27H24ClN3O3/c1-18-12-13-23(33-18)15-25-27(34-19(2)32)31-17-30(22-9-4-3-5-10-22)16-21(26(31)29-25)14-20-8-6-7-11-24(20)28/h3-13,16H,14-15,17H2,1-2H3. The van der Waals surface area contributed by atoms with Crippen LogP contribution in [0.25, 0.3) is 5.57 Å². The van der Waals surface area contributed by atoms with Crippen LogP contribution in [0.1, 0.15) is 35.5 Å². The number of aromatic nitrogens is 2. The van der Waals surface area contributed by atoms with Gasteiger partial charge in [0.15, 0.2) is 0 Å². The average molecular weight is 474 g/mol. The Labute approximate surface area is 203 Å². The van der Waals surface area contributed by atoms with Crippen molar-refractivity contribution in [3.05, 3.63) is 107 Å². The summed E-state index contributed by atoms with van der Waals surface area (Å²) >= 11 is 6.49. The number of anilines is 1. The van der Waals surface area contributed by atoms with Gasteiger partial charge in [-0.15, -0.1) is 0 Å². The predicted octanol–water partition coefficient (Wildman–Crippen LogP) is 6.02. The highest BCUT2D eigenvalue weighted by molar-refractivity contribution is 6.31. The molecule has 0 unspecified atom stereocenters. The molecule has 0 bridgehead atoms. The number of benzene rings is 2. The van der Waals surface area contributed by atoms with Crippen LogP contribution in [0.3, 0.4) is 0 Å². The number of hydrogen-bond acceptors (Lipinski definition) is 5. The molecule has 1 aliphatic heterocycles. The van der Waals surface area contributed by atoms with E-state index in [1.807, 2.05) is 78.2 Å². The third kappa shape index (κ3) is 4.50. The summed E-state index contributed by atoms with van der Waals surface area (Å²) in [4.78, 5) is 19.1. The molecule has 34 heavy (non-hydrogen) atoms. The minimum absolute atomic E-state index is 0.395. The average Bonchev–Trinajstić information content (AvgIpc) is 3.39. The van der Waals surface area contributed by atoms with Crippen molar-refractivity contribution in [2.24, 2.45) is 0 Å². The minimum atomic E-state index is -0.395. The normalized spacial score (nSPS) is 12.9. The van der Waals surface area contributed by atoms with Crippen LogP contribution >= 0.6 is 11.6 Å². The molecule has 0 spiro atoms. The first-order valence-corrected chi connectivity index (χ1v) is 11.4. The van der Waals surface area contributed by atoms with Crippen LogP contribution in [0.4, 0.5) is 5.69 Å². The van der Waals surface area contributed by atoms with Crippen molar-refractivity contribution in [3.63, 3.8) is 0 Å². The highest BCUT2D eigenvalue weighted by Gasteiger charge is 2.28. The lowest BCUT2D eigenvalue weighted by atomic mass is 10.0. The lowest BCUT2D eigenvalue weighted by Crippen LogP contribution is -2.27. The van der Waals surface area contributed by atoms with Crippen LogP contribution in [0.15, 0.2) is 77.3 Å². The van der Waals surface area contributed by atoms with E-state index >= 15 is 0 Å². The summed E-state index contributed by atoms with van der Waals surface area (Å²) in [5.41, 5.74) is 3.64. The van der Waals surface area contributed by atoms with E-state index in [4.69, 9.17) is 25.7 Å². The first-order chi connectivity index (χ1) is 16.5. The van der Waals surface area contributed by atoms with Crippen molar-refractivity contribution >= 4 is 28.8 Å². The first-order valence-electron chi connectivity index (χ1n) is 11.1. The third-order valence-electron chi connectivity index (χ3n) is 5.69. The molecule has 0 radical (unpaired) electrons. The Hall–Kier alpha value is -3.77. The monoisotopic (exact) mass is 473 g/mol. The zero-order valence-corrected chi connectivity index (χ0v) is 19.7. The maximum Gasteiger partial charge on any atom is 0.309 e. The predicted molar refractivity (Wildman–Crippen MR) is 132 cm³/mol. The van der Waals surface area contributed by atoms with E-state index in [1.165, 1.54) is 6.92 Å². The van der Waals surface area contributed by atoms with Gasteiger partial charge >= 0.3 is 5.97 Å². The van der Waals surface area contributed by atoms with Crippen LogP contribution in [-0.4, -0.2) is 15.5 Å². The maximum absolute atomic E-state index is 12.0. The number of esters is 1. The van der Waals surface area contributed by atoms with Gasteiger partial charge < -0.3 is 14.1 Å². The summed E-state index contributed by atoms with van der Waals surface area (Å²) in [6, 6.07) is 21.7.